The second-order valence-corrected chi connectivity index (χ2v) is 4.69. The minimum atomic E-state index is -0.385. The van der Waals surface area contributed by atoms with Crippen LogP contribution in [-0.4, -0.2) is 5.27 Å². The third-order valence-electron chi connectivity index (χ3n) is 3.53. The molecule has 3 aromatic rings. The first kappa shape index (κ1) is 10.3. The molecule has 4 heteroatoms. The molecule has 2 aromatic carbocycles. The van der Waals surface area contributed by atoms with Crippen LogP contribution in [0.25, 0.3) is 16.8 Å². The summed E-state index contributed by atoms with van der Waals surface area (Å²) in [6.45, 7) is 0. The highest BCUT2D eigenvalue weighted by Gasteiger charge is 2.20. The highest BCUT2D eigenvalue weighted by Crippen LogP contribution is 2.36. The number of H-pyrrole nitrogens is 1. The minimum Gasteiger partial charge on any atom is -0.283 e. The maximum absolute atomic E-state index is 11.1. The number of benzene rings is 2. The van der Waals surface area contributed by atoms with Crippen LogP contribution in [-0.2, 0) is 6.42 Å². The molecule has 0 radical (unpaired) electrons. The molecule has 0 unspecified atom stereocenters. The first-order valence-corrected chi connectivity index (χ1v) is 6.13. The van der Waals surface area contributed by atoms with Crippen molar-refractivity contribution in [2.75, 3.05) is 0 Å². The first-order valence-electron chi connectivity index (χ1n) is 6.13. The van der Waals surface area contributed by atoms with E-state index < -0.39 is 0 Å². The molecule has 0 amide bonds. The Morgan fingerprint density at radius 3 is 2.74 bits per heavy atom. The number of fused-ring (bicyclic) bond motifs is 3. The van der Waals surface area contributed by atoms with E-state index in [1.54, 1.807) is 4.68 Å². The summed E-state index contributed by atoms with van der Waals surface area (Å²) in [6.07, 6.45) is 2.33. The molecule has 1 aliphatic rings. The smallest absolute Gasteiger partial charge is 0.283 e. The fraction of sp³-hybridized carbons (Fsp3) is 0.0667. The van der Waals surface area contributed by atoms with E-state index in [-0.39, 0.29) is 5.63 Å². The third kappa shape index (κ3) is 1.53. The Bertz CT molecular complexity index is 830. The zero-order chi connectivity index (χ0) is 12.8. The lowest BCUT2D eigenvalue weighted by Gasteiger charge is -1.99. The number of nitrogens with one attached hydrogen (secondary N) is 1. The summed E-state index contributed by atoms with van der Waals surface area (Å²) in [5.41, 5.74) is 5.70. The van der Waals surface area contributed by atoms with Crippen LogP contribution < -0.4 is 10.3 Å². The van der Waals surface area contributed by atoms with Crippen LogP contribution in [0.2, 0.25) is 0 Å². The van der Waals surface area contributed by atoms with Crippen LogP contribution in [0.3, 0.4) is 0 Å². The molecule has 19 heavy (non-hydrogen) atoms. The van der Waals surface area contributed by atoms with Gasteiger partial charge in [-0.05, 0) is 44.7 Å². The molecular formula is C15H11N2O2+. The Hall–Kier alpha value is -2.62. The van der Waals surface area contributed by atoms with Crippen LogP contribution in [0, 0.1) is 0 Å². The van der Waals surface area contributed by atoms with E-state index >= 15 is 0 Å². The lowest BCUT2D eigenvalue weighted by Crippen LogP contribution is -2.32. The van der Waals surface area contributed by atoms with Crippen molar-refractivity contribution in [2.45, 2.75) is 6.42 Å². The second kappa shape index (κ2) is 3.68. The maximum Gasteiger partial charge on any atom is 0.427 e. The summed E-state index contributed by atoms with van der Waals surface area (Å²) < 4.78 is 6.27. The van der Waals surface area contributed by atoms with Crippen molar-refractivity contribution < 1.29 is 9.20 Å². The van der Waals surface area contributed by atoms with E-state index in [0.717, 1.165) is 12.1 Å². The summed E-state index contributed by atoms with van der Waals surface area (Å²) in [5, 5.41) is 2.56. The predicted octanol–water partition coefficient (Wildman–Crippen LogP) is 1.82. The Balaban J connectivity index is 1.86. The largest absolute Gasteiger partial charge is 0.427 e. The zero-order valence-electron chi connectivity index (χ0n) is 10.1. The molecule has 92 valence electrons. The number of aromatic nitrogens is 2. The molecule has 0 saturated heterocycles. The van der Waals surface area contributed by atoms with Crippen LogP contribution in [0.15, 0.2) is 58.0 Å². The SMILES string of the molecule is O=c1c[n+](-c2ccc3c(c2)Cc2ccccc2-3)[nH]o1. The molecule has 1 aromatic heterocycles. The molecule has 4 rings (SSSR count). The highest BCUT2D eigenvalue weighted by molar-refractivity contribution is 5.77. The molecule has 0 atom stereocenters. The lowest BCUT2D eigenvalue weighted by atomic mass is 10.1. The van der Waals surface area contributed by atoms with Gasteiger partial charge in [0.05, 0.1) is 0 Å². The van der Waals surface area contributed by atoms with Gasteiger partial charge in [0.1, 0.15) is 0 Å². The topological polar surface area (TPSA) is 49.9 Å². The van der Waals surface area contributed by atoms with Crippen LogP contribution in [0.4, 0.5) is 0 Å². The van der Waals surface area contributed by atoms with Crippen molar-refractivity contribution in [3.8, 4) is 16.8 Å². The first-order chi connectivity index (χ1) is 9.31. The minimum absolute atomic E-state index is 0.385. The normalized spacial score (nSPS) is 12.2. The van der Waals surface area contributed by atoms with E-state index in [2.05, 4.69) is 46.2 Å². The van der Waals surface area contributed by atoms with E-state index in [1.807, 2.05) is 6.07 Å². The summed E-state index contributed by atoms with van der Waals surface area (Å²) in [5.74, 6) is 0. The molecule has 1 heterocycles. The van der Waals surface area contributed by atoms with E-state index in [1.165, 1.54) is 28.5 Å². The van der Waals surface area contributed by atoms with Gasteiger partial charge in [-0.25, -0.2) is 4.79 Å². The van der Waals surface area contributed by atoms with Crippen LogP contribution in [0.1, 0.15) is 11.1 Å². The molecular weight excluding hydrogens is 240 g/mol. The Morgan fingerprint density at radius 1 is 1.05 bits per heavy atom. The van der Waals surface area contributed by atoms with Gasteiger partial charge in [-0.3, -0.25) is 4.52 Å². The van der Waals surface area contributed by atoms with Gasteiger partial charge in [0.15, 0.2) is 0 Å². The van der Waals surface area contributed by atoms with Gasteiger partial charge in [0, 0.05) is 12.1 Å². The average molecular weight is 251 g/mol. The van der Waals surface area contributed by atoms with E-state index in [4.69, 9.17) is 0 Å². The number of hydrogen-bond donors (Lipinski definition) is 1. The molecule has 0 spiro atoms. The predicted molar refractivity (Wildman–Crippen MR) is 69.1 cm³/mol. The molecule has 0 bridgehead atoms. The lowest BCUT2D eigenvalue weighted by molar-refractivity contribution is -0.670. The summed E-state index contributed by atoms with van der Waals surface area (Å²) in [4.78, 5) is 11.1. The van der Waals surface area contributed by atoms with Gasteiger partial charge in [0.2, 0.25) is 5.69 Å². The van der Waals surface area contributed by atoms with Crippen molar-refractivity contribution in [1.82, 2.24) is 5.27 Å². The number of nitrogens with zero attached hydrogens (tertiary/aromatic N) is 1. The summed E-state index contributed by atoms with van der Waals surface area (Å²) in [7, 11) is 0. The van der Waals surface area contributed by atoms with Crippen molar-refractivity contribution in [3.05, 3.63) is 70.2 Å². The Kier molecular flexibility index (Phi) is 2.00. The molecule has 0 saturated carbocycles. The zero-order valence-corrected chi connectivity index (χ0v) is 10.1. The number of hydrogen-bond acceptors (Lipinski definition) is 2. The fourth-order valence-electron chi connectivity index (χ4n) is 2.66. The monoisotopic (exact) mass is 251 g/mol. The maximum atomic E-state index is 11.1. The van der Waals surface area contributed by atoms with E-state index in [9.17, 15) is 4.79 Å². The van der Waals surface area contributed by atoms with Crippen molar-refractivity contribution in [3.63, 3.8) is 0 Å². The quantitative estimate of drug-likeness (QED) is 0.524. The summed E-state index contributed by atoms with van der Waals surface area (Å²) >= 11 is 0. The standard InChI is InChI=1S/C15H10N2O2/c18-15-9-17(16-19-15)12-5-6-14-11(8-12)7-10-3-1-2-4-13(10)14/h1-6,8-9H,7H2/p+1. The van der Waals surface area contributed by atoms with Gasteiger partial charge in [-0.1, -0.05) is 24.3 Å². The molecule has 1 N–H and O–H groups in total. The highest BCUT2D eigenvalue weighted by atomic mass is 16.5. The van der Waals surface area contributed by atoms with Gasteiger partial charge in [-0.15, -0.1) is 0 Å². The van der Waals surface area contributed by atoms with Gasteiger partial charge in [-0.2, -0.15) is 0 Å². The van der Waals surface area contributed by atoms with Gasteiger partial charge in [0.25, 0.3) is 6.20 Å². The summed E-state index contributed by atoms with van der Waals surface area (Å²) in [6, 6.07) is 14.6. The fourth-order valence-corrected chi connectivity index (χ4v) is 2.66. The van der Waals surface area contributed by atoms with Crippen LogP contribution in [0.5, 0.6) is 0 Å². The van der Waals surface area contributed by atoms with Crippen molar-refractivity contribution >= 4 is 0 Å². The number of aromatic amines is 1. The van der Waals surface area contributed by atoms with E-state index in [0.29, 0.717) is 0 Å². The third-order valence-corrected chi connectivity index (χ3v) is 3.53. The van der Waals surface area contributed by atoms with Crippen LogP contribution >= 0.6 is 0 Å². The second-order valence-electron chi connectivity index (χ2n) is 4.69. The number of rotatable bonds is 1. The molecule has 4 nitrogen and oxygen atoms in total. The Morgan fingerprint density at radius 2 is 1.89 bits per heavy atom. The van der Waals surface area contributed by atoms with Crippen molar-refractivity contribution in [1.29, 1.82) is 0 Å². The van der Waals surface area contributed by atoms with Gasteiger partial charge >= 0.3 is 5.63 Å². The molecule has 0 aliphatic heterocycles. The molecule has 1 aliphatic carbocycles. The average Bonchev–Trinajstić information content (AvgIpc) is 3.01. The van der Waals surface area contributed by atoms with Crippen molar-refractivity contribution in [2.24, 2.45) is 0 Å². The molecule has 0 fully saturated rings. The Labute approximate surface area is 108 Å². The van der Waals surface area contributed by atoms with Gasteiger partial charge < -0.3 is 0 Å².